The van der Waals surface area contributed by atoms with Crippen LogP contribution >= 0.6 is 11.6 Å². The molecule has 0 fully saturated rings. The van der Waals surface area contributed by atoms with E-state index in [4.69, 9.17) is 16.3 Å². The molecule has 0 saturated carbocycles. The van der Waals surface area contributed by atoms with Crippen LogP contribution in [0.5, 0.6) is 5.75 Å². The van der Waals surface area contributed by atoms with E-state index in [1.807, 2.05) is 25.1 Å². The molecule has 0 aromatic heterocycles. The lowest BCUT2D eigenvalue weighted by atomic mass is 10.1. The smallest absolute Gasteiger partial charge is 0.124 e. The van der Waals surface area contributed by atoms with Crippen molar-refractivity contribution in [3.05, 3.63) is 40.9 Å². The Labute approximate surface area is 109 Å². The molecule has 0 spiro atoms. The third kappa shape index (κ3) is 4.41. The molecule has 0 radical (unpaired) electrons. The second-order valence-electron chi connectivity index (χ2n) is 4.21. The number of ether oxygens (including phenoxy) is 1. The van der Waals surface area contributed by atoms with Crippen molar-refractivity contribution in [1.82, 2.24) is 5.32 Å². The quantitative estimate of drug-likeness (QED) is 0.775. The summed E-state index contributed by atoms with van der Waals surface area (Å²) in [6.07, 6.45) is 0. The molecular formula is C14H20ClNO. The van der Waals surface area contributed by atoms with Gasteiger partial charge in [0.1, 0.15) is 12.4 Å². The summed E-state index contributed by atoms with van der Waals surface area (Å²) in [5, 5.41) is 4.09. The predicted molar refractivity (Wildman–Crippen MR) is 73.9 cm³/mol. The highest BCUT2D eigenvalue weighted by atomic mass is 35.5. The van der Waals surface area contributed by atoms with Crippen molar-refractivity contribution in [2.75, 3.05) is 13.2 Å². The second-order valence-corrected chi connectivity index (χ2v) is 4.64. The van der Waals surface area contributed by atoms with Crippen LogP contribution in [0.2, 0.25) is 5.02 Å². The van der Waals surface area contributed by atoms with Crippen LogP contribution < -0.4 is 10.1 Å². The van der Waals surface area contributed by atoms with Crippen molar-refractivity contribution in [1.29, 1.82) is 0 Å². The Hall–Kier alpha value is -0.990. The van der Waals surface area contributed by atoms with Gasteiger partial charge < -0.3 is 10.1 Å². The van der Waals surface area contributed by atoms with E-state index in [2.05, 4.69) is 25.7 Å². The van der Waals surface area contributed by atoms with Crippen molar-refractivity contribution >= 4 is 11.6 Å². The van der Waals surface area contributed by atoms with Crippen molar-refractivity contribution in [3.8, 4) is 5.75 Å². The van der Waals surface area contributed by atoms with E-state index in [0.29, 0.717) is 6.61 Å². The number of benzene rings is 1. The van der Waals surface area contributed by atoms with Gasteiger partial charge in [0, 0.05) is 16.6 Å². The van der Waals surface area contributed by atoms with Crippen LogP contribution in [0, 0.1) is 0 Å². The first-order chi connectivity index (χ1) is 8.04. The zero-order chi connectivity index (χ0) is 12.8. The highest BCUT2D eigenvalue weighted by Crippen LogP contribution is 2.28. The van der Waals surface area contributed by atoms with E-state index in [1.165, 1.54) is 0 Å². The Morgan fingerprint density at radius 1 is 1.53 bits per heavy atom. The molecule has 0 aliphatic carbocycles. The van der Waals surface area contributed by atoms with Crippen LogP contribution in [-0.2, 0) is 0 Å². The molecule has 0 saturated heterocycles. The Morgan fingerprint density at radius 2 is 2.24 bits per heavy atom. The van der Waals surface area contributed by atoms with Crippen molar-refractivity contribution in [2.24, 2.45) is 0 Å². The molecule has 0 bridgehead atoms. The van der Waals surface area contributed by atoms with Gasteiger partial charge in [-0.2, -0.15) is 0 Å². The van der Waals surface area contributed by atoms with Crippen molar-refractivity contribution < 1.29 is 4.74 Å². The maximum atomic E-state index is 6.02. The summed E-state index contributed by atoms with van der Waals surface area (Å²) in [5.41, 5.74) is 2.09. The van der Waals surface area contributed by atoms with E-state index in [9.17, 15) is 0 Å². The fraction of sp³-hybridized carbons (Fsp3) is 0.429. The molecule has 1 atom stereocenters. The van der Waals surface area contributed by atoms with Gasteiger partial charge in [0.05, 0.1) is 0 Å². The molecule has 1 aromatic rings. The molecule has 0 aliphatic heterocycles. The Balaban J connectivity index is 2.90. The second kappa shape index (κ2) is 6.67. The SMILES string of the molecule is C=C(C)COc1ccc(Cl)cc1C(C)NCC. The summed E-state index contributed by atoms with van der Waals surface area (Å²) in [4.78, 5) is 0. The minimum absolute atomic E-state index is 0.221. The fourth-order valence-corrected chi connectivity index (χ4v) is 1.79. The van der Waals surface area contributed by atoms with Crippen LogP contribution in [-0.4, -0.2) is 13.2 Å². The van der Waals surface area contributed by atoms with Gasteiger partial charge in [-0.3, -0.25) is 0 Å². The van der Waals surface area contributed by atoms with E-state index < -0.39 is 0 Å². The normalized spacial score (nSPS) is 12.2. The number of hydrogen-bond donors (Lipinski definition) is 1. The average molecular weight is 254 g/mol. The molecule has 2 nitrogen and oxygen atoms in total. The van der Waals surface area contributed by atoms with Crippen LogP contribution in [0.3, 0.4) is 0 Å². The lowest BCUT2D eigenvalue weighted by molar-refractivity contribution is 0.344. The van der Waals surface area contributed by atoms with Crippen LogP contribution in [0.4, 0.5) is 0 Å². The lowest BCUT2D eigenvalue weighted by Crippen LogP contribution is -2.18. The topological polar surface area (TPSA) is 21.3 Å². The van der Waals surface area contributed by atoms with E-state index in [1.54, 1.807) is 0 Å². The number of halogens is 1. The standard InChI is InChI=1S/C14H20ClNO/c1-5-16-11(4)13-8-12(15)6-7-14(13)17-9-10(2)3/h6-8,11,16H,2,5,9H2,1,3-4H3. The maximum Gasteiger partial charge on any atom is 0.124 e. The van der Waals surface area contributed by atoms with Gasteiger partial charge in [-0.1, -0.05) is 25.1 Å². The van der Waals surface area contributed by atoms with E-state index >= 15 is 0 Å². The Kier molecular flexibility index (Phi) is 5.52. The molecule has 94 valence electrons. The van der Waals surface area contributed by atoms with Gasteiger partial charge in [0.2, 0.25) is 0 Å². The summed E-state index contributed by atoms with van der Waals surface area (Å²) in [7, 11) is 0. The molecular weight excluding hydrogens is 234 g/mol. The largest absolute Gasteiger partial charge is 0.489 e. The van der Waals surface area contributed by atoms with E-state index in [0.717, 1.165) is 28.5 Å². The van der Waals surface area contributed by atoms with Gasteiger partial charge in [-0.25, -0.2) is 0 Å². The Bertz CT molecular complexity index is 390. The number of rotatable bonds is 6. The van der Waals surface area contributed by atoms with Gasteiger partial charge >= 0.3 is 0 Å². The van der Waals surface area contributed by atoms with Crippen molar-refractivity contribution in [3.63, 3.8) is 0 Å². The lowest BCUT2D eigenvalue weighted by Gasteiger charge is -2.18. The van der Waals surface area contributed by atoms with Crippen LogP contribution in [0.1, 0.15) is 32.4 Å². The summed E-state index contributed by atoms with van der Waals surface area (Å²) in [6, 6.07) is 5.92. The highest BCUT2D eigenvalue weighted by molar-refractivity contribution is 6.30. The van der Waals surface area contributed by atoms with Crippen LogP contribution in [0.15, 0.2) is 30.4 Å². The zero-order valence-corrected chi connectivity index (χ0v) is 11.5. The first kappa shape index (κ1) is 14.1. The van der Waals surface area contributed by atoms with Gasteiger partial charge in [0.25, 0.3) is 0 Å². The van der Waals surface area contributed by atoms with Gasteiger partial charge in [0.15, 0.2) is 0 Å². The average Bonchev–Trinajstić information content (AvgIpc) is 2.27. The molecule has 3 heteroatoms. The minimum atomic E-state index is 0.221. The van der Waals surface area contributed by atoms with Crippen molar-refractivity contribution in [2.45, 2.75) is 26.8 Å². The Morgan fingerprint density at radius 3 is 2.82 bits per heavy atom. The highest BCUT2D eigenvalue weighted by Gasteiger charge is 2.11. The van der Waals surface area contributed by atoms with Gasteiger partial charge in [-0.15, -0.1) is 0 Å². The zero-order valence-electron chi connectivity index (χ0n) is 10.7. The monoisotopic (exact) mass is 253 g/mol. The first-order valence-electron chi connectivity index (χ1n) is 5.84. The molecule has 1 unspecified atom stereocenters. The van der Waals surface area contributed by atoms with Gasteiger partial charge in [-0.05, 0) is 44.2 Å². The molecule has 1 aromatic carbocycles. The molecule has 0 heterocycles. The number of nitrogens with one attached hydrogen (secondary N) is 1. The third-order valence-corrected chi connectivity index (χ3v) is 2.66. The molecule has 17 heavy (non-hydrogen) atoms. The predicted octanol–water partition coefficient (Wildman–Crippen LogP) is 3.97. The van der Waals surface area contributed by atoms with Crippen LogP contribution in [0.25, 0.3) is 0 Å². The molecule has 0 amide bonds. The molecule has 0 aliphatic rings. The fourth-order valence-electron chi connectivity index (χ4n) is 1.61. The minimum Gasteiger partial charge on any atom is -0.489 e. The molecule has 1 N–H and O–H groups in total. The summed E-state index contributed by atoms with van der Waals surface area (Å²) < 4.78 is 5.72. The first-order valence-corrected chi connectivity index (χ1v) is 6.22. The van der Waals surface area contributed by atoms with E-state index in [-0.39, 0.29) is 6.04 Å². The summed E-state index contributed by atoms with van der Waals surface area (Å²) >= 11 is 6.02. The summed E-state index contributed by atoms with van der Waals surface area (Å²) in [5.74, 6) is 0.867. The third-order valence-electron chi connectivity index (χ3n) is 2.42. The maximum absolute atomic E-state index is 6.02. The molecule has 1 rings (SSSR count). The summed E-state index contributed by atoms with van der Waals surface area (Å²) in [6.45, 7) is 11.4. The number of hydrogen-bond acceptors (Lipinski definition) is 2.